The second kappa shape index (κ2) is 5.82. The van der Waals surface area contributed by atoms with Gasteiger partial charge < -0.3 is 14.8 Å². The molecule has 1 aliphatic rings. The summed E-state index contributed by atoms with van der Waals surface area (Å²) in [5.41, 5.74) is 0. The van der Waals surface area contributed by atoms with Crippen LogP contribution >= 0.6 is 0 Å². The number of nitrogens with one attached hydrogen (secondary N) is 1. The van der Waals surface area contributed by atoms with E-state index in [0.29, 0.717) is 11.9 Å². The topological polar surface area (TPSA) is 56.3 Å². The SMILES string of the molecule is CC(C)Oc1cc(NC2CCOCC2)ncn1. The molecular formula is C12H19N3O2. The van der Waals surface area contributed by atoms with E-state index >= 15 is 0 Å². The van der Waals surface area contributed by atoms with Crippen LogP contribution < -0.4 is 10.1 Å². The molecule has 0 radical (unpaired) electrons. The molecule has 1 aromatic heterocycles. The third-order valence-corrected chi connectivity index (χ3v) is 2.57. The van der Waals surface area contributed by atoms with E-state index in [1.165, 1.54) is 6.33 Å². The van der Waals surface area contributed by atoms with Gasteiger partial charge in [0.05, 0.1) is 6.10 Å². The van der Waals surface area contributed by atoms with Gasteiger partial charge in [0.15, 0.2) is 0 Å². The van der Waals surface area contributed by atoms with Crippen LogP contribution in [0.5, 0.6) is 5.88 Å². The predicted molar refractivity (Wildman–Crippen MR) is 65.3 cm³/mol. The van der Waals surface area contributed by atoms with Crippen molar-refractivity contribution in [2.24, 2.45) is 0 Å². The number of hydrogen-bond donors (Lipinski definition) is 1. The molecule has 1 N–H and O–H groups in total. The average molecular weight is 237 g/mol. The number of ether oxygens (including phenoxy) is 2. The van der Waals surface area contributed by atoms with E-state index in [-0.39, 0.29) is 6.10 Å². The molecule has 2 rings (SSSR count). The molecule has 94 valence electrons. The van der Waals surface area contributed by atoms with Gasteiger partial charge in [-0.2, -0.15) is 0 Å². The summed E-state index contributed by atoms with van der Waals surface area (Å²) in [5.74, 6) is 1.44. The largest absolute Gasteiger partial charge is 0.475 e. The maximum Gasteiger partial charge on any atom is 0.218 e. The molecule has 5 heteroatoms. The molecule has 0 saturated carbocycles. The maximum absolute atomic E-state index is 5.53. The second-order valence-corrected chi connectivity index (χ2v) is 4.44. The zero-order chi connectivity index (χ0) is 12.1. The molecule has 5 nitrogen and oxygen atoms in total. The van der Waals surface area contributed by atoms with Crippen LogP contribution in [0.1, 0.15) is 26.7 Å². The van der Waals surface area contributed by atoms with Crippen LogP contribution in [0.25, 0.3) is 0 Å². The molecule has 0 aromatic carbocycles. The van der Waals surface area contributed by atoms with Crippen LogP contribution in [0.3, 0.4) is 0 Å². The van der Waals surface area contributed by atoms with Crippen LogP contribution in [0.4, 0.5) is 5.82 Å². The zero-order valence-corrected chi connectivity index (χ0v) is 10.3. The first-order chi connectivity index (χ1) is 8.24. The normalized spacial score (nSPS) is 17.1. The van der Waals surface area contributed by atoms with E-state index in [1.54, 1.807) is 0 Å². The van der Waals surface area contributed by atoms with Crippen molar-refractivity contribution in [3.8, 4) is 5.88 Å². The van der Waals surface area contributed by atoms with Gasteiger partial charge in [-0.25, -0.2) is 9.97 Å². The Kier molecular flexibility index (Phi) is 4.14. The van der Waals surface area contributed by atoms with Crippen molar-refractivity contribution >= 4 is 5.82 Å². The molecule has 2 heterocycles. The van der Waals surface area contributed by atoms with Gasteiger partial charge in [-0.05, 0) is 26.7 Å². The van der Waals surface area contributed by atoms with Crippen LogP contribution in [-0.2, 0) is 4.74 Å². The number of hydrogen-bond acceptors (Lipinski definition) is 5. The summed E-state index contributed by atoms with van der Waals surface area (Å²) in [5, 5.41) is 3.38. The summed E-state index contributed by atoms with van der Waals surface area (Å²) >= 11 is 0. The predicted octanol–water partition coefficient (Wildman–Crippen LogP) is 1.85. The summed E-state index contributed by atoms with van der Waals surface area (Å²) in [6.07, 6.45) is 3.69. The smallest absolute Gasteiger partial charge is 0.218 e. The Labute approximate surface area is 102 Å². The van der Waals surface area contributed by atoms with Gasteiger partial charge in [-0.3, -0.25) is 0 Å². The molecule has 0 aliphatic carbocycles. The minimum atomic E-state index is 0.126. The minimum Gasteiger partial charge on any atom is -0.475 e. The molecule has 0 amide bonds. The fourth-order valence-electron chi connectivity index (χ4n) is 1.78. The minimum absolute atomic E-state index is 0.126. The molecule has 0 unspecified atom stereocenters. The van der Waals surface area contributed by atoms with Gasteiger partial charge >= 0.3 is 0 Å². The van der Waals surface area contributed by atoms with Crippen molar-refractivity contribution in [1.82, 2.24) is 9.97 Å². The van der Waals surface area contributed by atoms with Crippen LogP contribution in [0, 0.1) is 0 Å². The Balaban J connectivity index is 1.95. The first-order valence-corrected chi connectivity index (χ1v) is 6.07. The molecular weight excluding hydrogens is 218 g/mol. The summed E-state index contributed by atoms with van der Waals surface area (Å²) in [7, 11) is 0. The average Bonchev–Trinajstić information content (AvgIpc) is 2.30. The van der Waals surface area contributed by atoms with Crippen LogP contribution in [-0.4, -0.2) is 35.3 Å². The van der Waals surface area contributed by atoms with E-state index in [0.717, 1.165) is 31.9 Å². The molecule has 1 saturated heterocycles. The van der Waals surface area contributed by atoms with Gasteiger partial charge in [-0.1, -0.05) is 0 Å². The fourth-order valence-corrected chi connectivity index (χ4v) is 1.78. The third-order valence-electron chi connectivity index (χ3n) is 2.57. The highest BCUT2D eigenvalue weighted by Crippen LogP contribution is 2.16. The summed E-state index contributed by atoms with van der Waals surface area (Å²) < 4.78 is 10.8. The second-order valence-electron chi connectivity index (χ2n) is 4.44. The fraction of sp³-hybridized carbons (Fsp3) is 0.667. The van der Waals surface area contributed by atoms with Crippen molar-refractivity contribution in [1.29, 1.82) is 0 Å². The van der Waals surface area contributed by atoms with Crippen molar-refractivity contribution in [2.45, 2.75) is 38.8 Å². The molecule has 1 fully saturated rings. The molecule has 0 bridgehead atoms. The van der Waals surface area contributed by atoms with Gasteiger partial charge in [-0.15, -0.1) is 0 Å². The first-order valence-electron chi connectivity index (χ1n) is 6.07. The van der Waals surface area contributed by atoms with Crippen LogP contribution in [0.15, 0.2) is 12.4 Å². The summed E-state index contributed by atoms with van der Waals surface area (Å²) in [6, 6.07) is 2.28. The van der Waals surface area contributed by atoms with Crippen molar-refractivity contribution < 1.29 is 9.47 Å². The van der Waals surface area contributed by atoms with Gasteiger partial charge in [0.25, 0.3) is 0 Å². The third kappa shape index (κ3) is 3.85. The lowest BCUT2D eigenvalue weighted by molar-refractivity contribution is 0.0904. The van der Waals surface area contributed by atoms with E-state index in [1.807, 2.05) is 19.9 Å². The van der Waals surface area contributed by atoms with E-state index in [9.17, 15) is 0 Å². The highest BCUT2D eigenvalue weighted by molar-refractivity contribution is 5.38. The van der Waals surface area contributed by atoms with Gasteiger partial charge in [0, 0.05) is 25.3 Å². The lowest BCUT2D eigenvalue weighted by Gasteiger charge is -2.23. The lowest BCUT2D eigenvalue weighted by atomic mass is 10.1. The Hall–Kier alpha value is -1.36. The Morgan fingerprint density at radius 2 is 2.12 bits per heavy atom. The van der Waals surface area contributed by atoms with E-state index in [2.05, 4.69) is 15.3 Å². The summed E-state index contributed by atoms with van der Waals surface area (Å²) in [4.78, 5) is 8.27. The molecule has 0 atom stereocenters. The number of rotatable bonds is 4. The van der Waals surface area contributed by atoms with Gasteiger partial charge in [0.2, 0.25) is 5.88 Å². The summed E-state index contributed by atoms with van der Waals surface area (Å²) in [6.45, 7) is 5.59. The zero-order valence-electron chi connectivity index (χ0n) is 10.3. The lowest BCUT2D eigenvalue weighted by Crippen LogP contribution is -2.28. The number of nitrogens with zero attached hydrogens (tertiary/aromatic N) is 2. The Bertz CT molecular complexity index is 351. The maximum atomic E-state index is 5.53. The van der Waals surface area contributed by atoms with Crippen molar-refractivity contribution in [2.75, 3.05) is 18.5 Å². The first kappa shape index (κ1) is 12.1. The molecule has 1 aliphatic heterocycles. The van der Waals surface area contributed by atoms with E-state index in [4.69, 9.17) is 9.47 Å². The monoisotopic (exact) mass is 237 g/mol. The molecule has 17 heavy (non-hydrogen) atoms. The standard InChI is InChI=1S/C12H19N3O2/c1-9(2)17-12-7-11(13-8-14-12)15-10-3-5-16-6-4-10/h7-10H,3-6H2,1-2H3,(H,13,14,15). The quantitative estimate of drug-likeness (QED) is 0.866. The molecule has 0 spiro atoms. The van der Waals surface area contributed by atoms with Crippen molar-refractivity contribution in [3.05, 3.63) is 12.4 Å². The van der Waals surface area contributed by atoms with Crippen LogP contribution in [0.2, 0.25) is 0 Å². The van der Waals surface area contributed by atoms with E-state index < -0.39 is 0 Å². The Morgan fingerprint density at radius 1 is 1.35 bits per heavy atom. The van der Waals surface area contributed by atoms with Gasteiger partial charge in [0.1, 0.15) is 12.1 Å². The highest BCUT2D eigenvalue weighted by Gasteiger charge is 2.14. The highest BCUT2D eigenvalue weighted by atomic mass is 16.5. The number of anilines is 1. The van der Waals surface area contributed by atoms with Crippen molar-refractivity contribution in [3.63, 3.8) is 0 Å². The molecule has 1 aromatic rings. The number of aromatic nitrogens is 2. The Morgan fingerprint density at radius 3 is 2.82 bits per heavy atom.